The van der Waals surface area contributed by atoms with E-state index < -0.39 is 0 Å². The molecule has 2 aliphatic rings. The van der Waals surface area contributed by atoms with Gasteiger partial charge in [0.05, 0.1) is 0 Å². The molecule has 33 heavy (non-hydrogen) atoms. The van der Waals surface area contributed by atoms with Gasteiger partial charge in [0.25, 0.3) is 12.4 Å². The molecule has 0 bridgehead atoms. The zero-order valence-corrected chi connectivity index (χ0v) is 18.9. The predicted octanol–water partition coefficient (Wildman–Crippen LogP) is 6.19. The molecule has 1 fully saturated rings. The number of carbonyl (C=O) groups is 2. The third-order valence-corrected chi connectivity index (χ3v) is 6.83. The molecular weight excluding hydrogens is 436 g/mol. The number of nitrogens with zero attached hydrogens (tertiary/aromatic N) is 1. The minimum absolute atomic E-state index is 0.0737. The van der Waals surface area contributed by atoms with Crippen molar-refractivity contribution in [2.45, 2.75) is 44.4 Å². The Kier molecular flexibility index (Phi) is 6.05. The highest BCUT2D eigenvalue weighted by Gasteiger charge is 2.36. The van der Waals surface area contributed by atoms with Gasteiger partial charge in [-0.1, -0.05) is 35.9 Å². The number of halogens is 1. The number of rotatable bonds is 6. The number of ether oxygens (including phenoxy) is 1. The molecule has 1 N–H and O–H groups in total. The van der Waals surface area contributed by atoms with Crippen LogP contribution in [0.2, 0.25) is 5.02 Å². The first kappa shape index (κ1) is 21.5. The van der Waals surface area contributed by atoms with Crippen molar-refractivity contribution in [2.75, 3.05) is 5.32 Å². The third-order valence-electron chi connectivity index (χ3n) is 6.58. The largest absolute Gasteiger partial charge is 0.465 e. The van der Waals surface area contributed by atoms with Crippen LogP contribution in [0.5, 0.6) is 0 Å². The zero-order chi connectivity index (χ0) is 22.8. The molecule has 1 amide bonds. The summed E-state index contributed by atoms with van der Waals surface area (Å²) in [4.78, 5) is 25.9. The molecule has 2 unspecified atom stereocenters. The maximum atomic E-state index is 13.2. The molecule has 3 aromatic carbocycles. The average molecular weight is 461 g/mol. The summed E-state index contributed by atoms with van der Waals surface area (Å²) in [5, 5.41) is 4.07. The molecule has 6 heteroatoms. The first-order valence-corrected chi connectivity index (χ1v) is 11.6. The molecule has 0 saturated heterocycles. The molecule has 0 aromatic heterocycles. The van der Waals surface area contributed by atoms with Crippen LogP contribution in [0.1, 0.15) is 41.6 Å². The first-order valence-electron chi connectivity index (χ1n) is 11.3. The number of nitrogens with one attached hydrogen (secondary N) is 1. The molecule has 0 spiro atoms. The topological polar surface area (TPSA) is 58.6 Å². The standard InChI is InChI=1S/C27H25ClN2O3/c28-21-8-12-23(13-9-21)29-22-10-6-18(7-11-22)19-4-5-20-16-30(27(32)26(20)14-19)24-2-1-3-25(15-24)33-17-31/h4-14,17,24-25,29H,1-3,15-16H2. The normalized spacial score (nSPS) is 19.8. The lowest BCUT2D eigenvalue weighted by molar-refractivity contribution is -0.135. The van der Waals surface area contributed by atoms with Gasteiger partial charge in [-0.2, -0.15) is 0 Å². The second kappa shape index (κ2) is 9.28. The highest BCUT2D eigenvalue weighted by Crippen LogP contribution is 2.34. The van der Waals surface area contributed by atoms with E-state index in [1.807, 2.05) is 47.4 Å². The molecule has 5 nitrogen and oxygen atoms in total. The summed E-state index contributed by atoms with van der Waals surface area (Å²) in [7, 11) is 0. The van der Waals surface area contributed by atoms with Gasteiger partial charge in [0, 0.05) is 41.0 Å². The lowest BCUT2D eigenvalue weighted by atomic mass is 9.92. The first-order chi connectivity index (χ1) is 16.1. The van der Waals surface area contributed by atoms with Crippen molar-refractivity contribution in [2.24, 2.45) is 0 Å². The van der Waals surface area contributed by atoms with Crippen molar-refractivity contribution in [1.82, 2.24) is 4.90 Å². The Morgan fingerprint density at radius 3 is 2.36 bits per heavy atom. The van der Waals surface area contributed by atoms with Crippen molar-refractivity contribution >= 4 is 35.4 Å². The predicted molar refractivity (Wildman–Crippen MR) is 130 cm³/mol. The Balaban J connectivity index is 1.30. The summed E-state index contributed by atoms with van der Waals surface area (Å²) in [6, 6.07) is 22.0. The zero-order valence-electron chi connectivity index (χ0n) is 18.2. The molecule has 0 radical (unpaired) electrons. The van der Waals surface area contributed by atoms with Crippen LogP contribution in [-0.2, 0) is 16.1 Å². The molecule has 168 valence electrons. The second-order valence-corrected chi connectivity index (χ2v) is 9.13. The van der Waals surface area contributed by atoms with Crippen molar-refractivity contribution < 1.29 is 14.3 Å². The third kappa shape index (κ3) is 4.60. The average Bonchev–Trinajstić information content (AvgIpc) is 3.17. The van der Waals surface area contributed by atoms with Crippen LogP contribution in [0.3, 0.4) is 0 Å². The van der Waals surface area contributed by atoms with Crippen LogP contribution in [0.25, 0.3) is 11.1 Å². The van der Waals surface area contributed by atoms with E-state index in [-0.39, 0.29) is 18.1 Å². The van der Waals surface area contributed by atoms with Crippen molar-refractivity contribution in [3.05, 3.63) is 82.9 Å². The summed E-state index contributed by atoms with van der Waals surface area (Å²) < 4.78 is 5.18. The number of benzene rings is 3. The van der Waals surface area contributed by atoms with E-state index in [1.165, 1.54) is 0 Å². The van der Waals surface area contributed by atoms with Crippen LogP contribution in [-0.4, -0.2) is 29.4 Å². The van der Waals surface area contributed by atoms with Gasteiger partial charge in [-0.3, -0.25) is 9.59 Å². The van der Waals surface area contributed by atoms with Crippen molar-refractivity contribution in [1.29, 1.82) is 0 Å². The molecule has 1 aliphatic carbocycles. The number of fused-ring (bicyclic) bond motifs is 1. The summed E-state index contributed by atoms with van der Waals surface area (Å²) in [6.45, 7) is 1.15. The molecule has 1 aliphatic heterocycles. The maximum absolute atomic E-state index is 13.2. The monoisotopic (exact) mass is 460 g/mol. The Labute approximate surface area is 198 Å². The van der Waals surface area contributed by atoms with Gasteiger partial charge in [-0.15, -0.1) is 0 Å². The Bertz CT molecular complexity index is 1160. The Hall–Kier alpha value is -3.31. The molecule has 1 heterocycles. The summed E-state index contributed by atoms with van der Waals surface area (Å²) >= 11 is 5.95. The van der Waals surface area contributed by atoms with E-state index in [0.717, 1.165) is 52.9 Å². The summed E-state index contributed by atoms with van der Waals surface area (Å²) in [5.74, 6) is 0.0737. The molecule has 1 saturated carbocycles. The van der Waals surface area contributed by atoms with Gasteiger partial charge >= 0.3 is 0 Å². The fourth-order valence-corrected chi connectivity index (χ4v) is 4.98. The van der Waals surface area contributed by atoms with Gasteiger partial charge < -0.3 is 15.0 Å². The number of anilines is 2. The minimum atomic E-state index is -0.0895. The number of hydrogen-bond acceptors (Lipinski definition) is 4. The fraction of sp³-hybridized carbons (Fsp3) is 0.259. The van der Waals surface area contributed by atoms with Crippen LogP contribution >= 0.6 is 11.6 Å². The van der Waals surface area contributed by atoms with Gasteiger partial charge in [0.2, 0.25) is 0 Å². The van der Waals surface area contributed by atoms with Crippen molar-refractivity contribution in [3.8, 4) is 11.1 Å². The molecule has 3 aromatic rings. The van der Waals surface area contributed by atoms with Crippen LogP contribution in [0, 0.1) is 0 Å². The second-order valence-electron chi connectivity index (χ2n) is 8.69. The van der Waals surface area contributed by atoms with Crippen LogP contribution in [0.15, 0.2) is 66.7 Å². The quantitative estimate of drug-likeness (QED) is 0.445. The van der Waals surface area contributed by atoms with E-state index in [4.69, 9.17) is 16.3 Å². The molecular formula is C27H25ClN2O3. The van der Waals surface area contributed by atoms with E-state index in [2.05, 4.69) is 29.6 Å². The number of carbonyl (C=O) groups excluding carboxylic acids is 2. The van der Waals surface area contributed by atoms with E-state index in [0.29, 0.717) is 24.5 Å². The number of amides is 1. The van der Waals surface area contributed by atoms with E-state index in [1.54, 1.807) is 0 Å². The van der Waals surface area contributed by atoms with Gasteiger partial charge in [0.1, 0.15) is 6.10 Å². The minimum Gasteiger partial charge on any atom is -0.465 e. The molecule has 5 rings (SSSR count). The Morgan fingerprint density at radius 1 is 0.939 bits per heavy atom. The SMILES string of the molecule is O=COC1CCCC(N2Cc3ccc(-c4ccc(Nc5ccc(Cl)cc5)cc4)cc3C2=O)C1. The van der Waals surface area contributed by atoms with Crippen molar-refractivity contribution in [3.63, 3.8) is 0 Å². The highest BCUT2D eigenvalue weighted by molar-refractivity contribution is 6.30. The summed E-state index contributed by atoms with van der Waals surface area (Å²) in [5.41, 5.74) is 5.86. The van der Waals surface area contributed by atoms with Gasteiger partial charge in [-0.05, 0) is 78.4 Å². The maximum Gasteiger partial charge on any atom is 0.293 e. The lowest BCUT2D eigenvalue weighted by Crippen LogP contribution is -2.40. The Morgan fingerprint density at radius 2 is 1.64 bits per heavy atom. The fourth-order valence-electron chi connectivity index (χ4n) is 4.85. The van der Waals surface area contributed by atoms with Gasteiger partial charge in [-0.25, -0.2) is 0 Å². The smallest absolute Gasteiger partial charge is 0.293 e. The van der Waals surface area contributed by atoms with E-state index in [9.17, 15) is 9.59 Å². The lowest BCUT2D eigenvalue weighted by Gasteiger charge is -2.34. The van der Waals surface area contributed by atoms with Gasteiger partial charge in [0.15, 0.2) is 0 Å². The highest BCUT2D eigenvalue weighted by atomic mass is 35.5. The number of hydrogen-bond donors (Lipinski definition) is 1. The van der Waals surface area contributed by atoms with Crippen LogP contribution in [0.4, 0.5) is 11.4 Å². The summed E-state index contributed by atoms with van der Waals surface area (Å²) in [6.07, 6.45) is 3.41. The molecule has 2 atom stereocenters. The van der Waals surface area contributed by atoms with Crippen LogP contribution < -0.4 is 5.32 Å². The van der Waals surface area contributed by atoms with E-state index >= 15 is 0 Å².